The van der Waals surface area contributed by atoms with E-state index in [1.165, 1.54) is 4.70 Å². The lowest BCUT2D eigenvalue weighted by molar-refractivity contribution is 1.19. The van der Waals surface area contributed by atoms with Crippen LogP contribution in [0.2, 0.25) is 10.0 Å². The van der Waals surface area contributed by atoms with E-state index < -0.39 is 0 Å². The standard InChI is InChI=1S/C16H13Cl2NS/c1-10-6-7-11(8-13(10)17)19-9-15-16(18)12-4-2-3-5-14(12)20-15/h2-8,19H,9H2,1H3. The van der Waals surface area contributed by atoms with Gasteiger partial charge in [-0.15, -0.1) is 11.3 Å². The van der Waals surface area contributed by atoms with Crippen LogP contribution in [0.1, 0.15) is 10.4 Å². The molecule has 1 heterocycles. The summed E-state index contributed by atoms with van der Waals surface area (Å²) in [6.45, 7) is 2.70. The van der Waals surface area contributed by atoms with Gasteiger partial charge in [0.05, 0.1) is 11.6 Å². The van der Waals surface area contributed by atoms with Gasteiger partial charge in [0.25, 0.3) is 0 Å². The molecule has 0 amide bonds. The highest BCUT2D eigenvalue weighted by molar-refractivity contribution is 7.19. The minimum absolute atomic E-state index is 0.706. The van der Waals surface area contributed by atoms with Gasteiger partial charge in [-0.3, -0.25) is 0 Å². The molecule has 0 aliphatic rings. The minimum Gasteiger partial charge on any atom is -0.380 e. The van der Waals surface area contributed by atoms with Gasteiger partial charge in [0, 0.05) is 25.7 Å². The lowest BCUT2D eigenvalue weighted by atomic mass is 10.2. The average molecular weight is 322 g/mol. The smallest absolute Gasteiger partial charge is 0.0642 e. The Morgan fingerprint density at radius 1 is 1.10 bits per heavy atom. The molecule has 20 heavy (non-hydrogen) atoms. The number of hydrogen-bond acceptors (Lipinski definition) is 2. The summed E-state index contributed by atoms with van der Waals surface area (Å²) in [7, 11) is 0. The molecule has 102 valence electrons. The summed E-state index contributed by atoms with van der Waals surface area (Å²) in [5, 5.41) is 6.11. The molecule has 0 fully saturated rings. The van der Waals surface area contributed by atoms with Gasteiger partial charge in [0.1, 0.15) is 0 Å². The van der Waals surface area contributed by atoms with Crippen LogP contribution in [-0.2, 0) is 6.54 Å². The first-order chi connectivity index (χ1) is 9.65. The highest BCUT2D eigenvalue weighted by Gasteiger charge is 2.09. The third-order valence-corrected chi connectivity index (χ3v) is 5.35. The van der Waals surface area contributed by atoms with Crippen molar-refractivity contribution in [3.8, 4) is 0 Å². The van der Waals surface area contributed by atoms with Crippen molar-refractivity contribution >= 4 is 50.3 Å². The van der Waals surface area contributed by atoms with Crippen LogP contribution in [0, 0.1) is 6.92 Å². The van der Waals surface area contributed by atoms with Crippen LogP contribution in [0.4, 0.5) is 5.69 Å². The molecule has 3 aromatic rings. The van der Waals surface area contributed by atoms with Crippen LogP contribution >= 0.6 is 34.5 Å². The Labute approximate surface area is 132 Å². The fourth-order valence-corrected chi connectivity index (χ4v) is 3.68. The summed E-state index contributed by atoms with van der Waals surface area (Å²) in [4.78, 5) is 1.14. The molecule has 1 aromatic heterocycles. The Balaban J connectivity index is 1.83. The molecule has 0 spiro atoms. The maximum absolute atomic E-state index is 6.42. The third kappa shape index (κ3) is 2.64. The summed E-state index contributed by atoms with van der Waals surface area (Å²) >= 11 is 14.3. The highest BCUT2D eigenvalue weighted by atomic mass is 35.5. The van der Waals surface area contributed by atoms with Gasteiger partial charge in [-0.05, 0) is 30.7 Å². The van der Waals surface area contributed by atoms with Crippen molar-refractivity contribution in [1.29, 1.82) is 0 Å². The average Bonchev–Trinajstić information content (AvgIpc) is 2.77. The molecular weight excluding hydrogens is 309 g/mol. The Morgan fingerprint density at radius 3 is 2.65 bits per heavy atom. The molecule has 0 saturated carbocycles. The van der Waals surface area contributed by atoms with Crippen LogP contribution in [0.15, 0.2) is 42.5 Å². The first kappa shape index (κ1) is 13.7. The lowest BCUT2D eigenvalue weighted by Gasteiger charge is -2.07. The third-order valence-electron chi connectivity index (χ3n) is 3.23. The van der Waals surface area contributed by atoms with Gasteiger partial charge in [0.2, 0.25) is 0 Å². The van der Waals surface area contributed by atoms with Crippen molar-refractivity contribution < 1.29 is 0 Å². The molecule has 4 heteroatoms. The molecule has 0 aliphatic carbocycles. The molecule has 0 atom stereocenters. The number of thiophene rings is 1. The van der Waals surface area contributed by atoms with Gasteiger partial charge in [-0.2, -0.15) is 0 Å². The summed E-state index contributed by atoms with van der Waals surface area (Å²) < 4.78 is 1.22. The monoisotopic (exact) mass is 321 g/mol. The largest absolute Gasteiger partial charge is 0.380 e. The normalized spacial score (nSPS) is 10.9. The molecule has 0 unspecified atom stereocenters. The van der Waals surface area contributed by atoms with E-state index in [2.05, 4.69) is 17.4 Å². The van der Waals surface area contributed by atoms with E-state index in [9.17, 15) is 0 Å². The van der Waals surface area contributed by atoms with E-state index in [0.717, 1.165) is 31.6 Å². The minimum atomic E-state index is 0.706. The van der Waals surface area contributed by atoms with Gasteiger partial charge in [-0.25, -0.2) is 0 Å². The summed E-state index contributed by atoms with van der Waals surface area (Å²) in [6, 6.07) is 14.2. The molecule has 1 N–H and O–H groups in total. The van der Waals surface area contributed by atoms with Crippen LogP contribution in [0.5, 0.6) is 0 Å². The second-order valence-electron chi connectivity index (χ2n) is 4.65. The number of halogens is 2. The van der Waals surface area contributed by atoms with Crippen LogP contribution in [-0.4, -0.2) is 0 Å². The molecular formula is C16H13Cl2NS. The fraction of sp³-hybridized carbons (Fsp3) is 0.125. The topological polar surface area (TPSA) is 12.0 Å². The number of nitrogens with one attached hydrogen (secondary N) is 1. The zero-order valence-corrected chi connectivity index (χ0v) is 13.2. The van der Waals surface area contributed by atoms with E-state index in [0.29, 0.717) is 6.54 Å². The Bertz CT molecular complexity index is 764. The fourth-order valence-electron chi connectivity index (χ4n) is 2.06. The number of benzene rings is 2. The SMILES string of the molecule is Cc1ccc(NCc2sc3ccccc3c2Cl)cc1Cl. The number of rotatable bonds is 3. The van der Waals surface area contributed by atoms with Crippen molar-refractivity contribution in [3.05, 3.63) is 63.0 Å². The van der Waals surface area contributed by atoms with E-state index in [-0.39, 0.29) is 0 Å². The van der Waals surface area contributed by atoms with Crippen molar-refractivity contribution in [3.63, 3.8) is 0 Å². The predicted molar refractivity (Wildman–Crippen MR) is 90.4 cm³/mol. The van der Waals surface area contributed by atoms with E-state index in [1.807, 2.05) is 37.3 Å². The molecule has 0 bridgehead atoms. The quantitative estimate of drug-likeness (QED) is 0.612. The first-order valence-electron chi connectivity index (χ1n) is 6.31. The van der Waals surface area contributed by atoms with Crippen LogP contribution in [0.25, 0.3) is 10.1 Å². The van der Waals surface area contributed by atoms with Crippen molar-refractivity contribution in [2.24, 2.45) is 0 Å². The van der Waals surface area contributed by atoms with E-state index >= 15 is 0 Å². The number of aryl methyl sites for hydroxylation is 1. The van der Waals surface area contributed by atoms with E-state index in [4.69, 9.17) is 23.2 Å². The van der Waals surface area contributed by atoms with Crippen molar-refractivity contribution in [2.75, 3.05) is 5.32 Å². The Morgan fingerprint density at radius 2 is 1.90 bits per heavy atom. The van der Waals surface area contributed by atoms with E-state index in [1.54, 1.807) is 11.3 Å². The van der Waals surface area contributed by atoms with Crippen molar-refractivity contribution in [1.82, 2.24) is 0 Å². The molecule has 0 saturated heterocycles. The Kier molecular flexibility index (Phi) is 3.88. The van der Waals surface area contributed by atoms with Crippen LogP contribution < -0.4 is 5.32 Å². The molecule has 3 rings (SSSR count). The van der Waals surface area contributed by atoms with Gasteiger partial charge in [-0.1, -0.05) is 47.5 Å². The number of fused-ring (bicyclic) bond motifs is 1. The molecule has 2 aromatic carbocycles. The van der Waals surface area contributed by atoms with Crippen molar-refractivity contribution in [2.45, 2.75) is 13.5 Å². The number of anilines is 1. The highest BCUT2D eigenvalue weighted by Crippen LogP contribution is 2.35. The summed E-state index contributed by atoms with van der Waals surface area (Å²) in [5.41, 5.74) is 2.09. The zero-order chi connectivity index (χ0) is 14.1. The summed E-state index contributed by atoms with van der Waals surface area (Å²) in [5.74, 6) is 0. The van der Waals surface area contributed by atoms with Gasteiger partial charge in [0.15, 0.2) is 0 Å². The maximum Gasteiger partial charge on any atom is 0.0642 e. The Hall–Kier alpha value is -1.22. The second kappa shape index (κ2) is 5.65. The lowest BCUT2D eigenvalue weighted by Crippen LogP contribution is -1.97. The second-order valence-corrected chi connectivity index (χ2v) is 6.57. The predicted octanol–water partition coefficient (Wildman–Crippen LogP) is 6.13. The molecule has 0 radical (unpaired) electrons. The van der Waals surface area contributed by atoms with Gasteiger partial charge < -0.3 is 5.32 Å². The zero-order valence-electron chi connectivity index (χ0n) is 10.9. The van der Waals surface area contributed by atoms with Crippen LogP contribution in [0.3, 0.4) is 0 Å². The molecule has 0 aliphatic heterocycles. The maximum atomic E-state index is 6.42. The molecule has 1 nitrogen and oxygen atoms in total. The first-order valence-corrected chi connectivity index (χ1v) is 7.88. The summed E-state index contributed by atoms with van der Waals surface area (Å²) in [6.07, 6.45) is 0. The van der Waals surface area contributed by atoms with Gasteiger partial charge >= 0.3 is 0 Å². The number of hydrogen-bond donors (Lipinski definition) is 1.